The van der Waals surface area contributed by atoms with Crippen LogP contribution in [0.1, 0.15) is 16.7 Å². The van der Waals surface area contributed by atoms with Crippen molar-refractivity contribution < 1.29 is 19.1 Å². The van der Waals surface area contributed by atoms with E-state index in [2.05, 4.69) is 0 Å². The van der Waals surface area contributed by atoms with Crippen molar-refractivity contribution in [3.63, 3.8) is 0 Å². The van der Waals surface area contributed by atoms with E-state index in [-0.39, 0.29) is 18.1 Å². The molecule has 1 fully saturated rings. The molecule has 0 aliphatic carbocycles. The molecule has 2 amide bonds. The minimum Gasteiger partial charge on any atom is -0.493 e. The predicted molar refractivity (Wildman–Crippen MR) is 142 cm³/mol. The van der Waals surface area contributed by atoms with Crippen molar-refractivity contribution in [2.75, 3.05) is 7.11 Å². The lowest BCUT2D eigenvalue weighted by molar-refractivity contribution is -0.123. The minimum atomic E-state index is -0.427. The van der Waals surface area contributed by atoms with Gasteiger partial charge < -0.3 is 9.47 Å². The van der Waals surface area contributed by atoms with E-state index >= 15 is 0 Å². The number of methoxy groups -OCH3 is 1. The third-order valence-electron chi connectivity index (χ3n) is 5.06. The molecule has 1 aliphatic rings. The van der Waals surface area contributed by atoms with Crippen molar-refractivity contribution in [3.05, 3.63) is 96.3 Å². The molecule has 3 aromatic rings. The lowest BCUT2D eigenvalue weighted by Crippen LogP contribution is -2.27. The van der Waals surface area contributed by atoms with Crippen LogP contribution in [0.15, 0.2) is 59.5 Å². The number of carbonyl (C=O) groups excluding carboxylic acids is 2. The number of ether oxygens (including phenoxy) is 2. The first-order valence-corrected chi connectivity index (χ1v) is 12.5. The molecule has 0 aromatic heterocycles. The smallest absolute Gasteiger partial charge is 0.293 e. The number of amides is 2. The lowest BCUT2D eigenvalue weighted by atomic mass is 10.1. The maximum atomic E-state index is 12.9. The number of benzene rings is 3. The number of hydrogen-bond donors (Lipinski definition) is 0. The van der Waals surface area contributed by atoms with Gasteiger partial charge in [-0.1, -0.05) is 64.6 Å². The number of imide groups is 1. The fraction of sp³-hybridized carbons (Fsp3) is 0.120. The number of thioether (sulfide) groups is 1. The highest BCUT2D eigenvalue weighted by molar-refractivity contribution is 8.18. The Hall–Kier alpha value is -2.35. The van der Waals surface area contributed by atoms with Gasteiger partial charge in [0, 0.05) is 15.1 Å². The van der Waals surface area contributed by atoms with Crippen LogP contribution in [0, 0.1) is 0 Å². The lowest BCUT2D eigenvalue weighted by Gasteiger charge is -2.14. The summed E-state index contributed by atoms with van der Waals surface area (Å²) in [6, 6.07) is 15.5. The zero-order valence-electron chi connectivity index (χ0n) is 18.2. The Kier molecular flexibility index (Phi) is 8.19. The van der Waals surface area contributed by atoms with E-state index in [0.29, 0.717) is 42.7 Å². The summed E-state index contributed by atoms with van der Waals surface area (Å²) >= 11 is 25.4. The van der Waals surface area contributed by atoms with Crippen molar-refractivity contribution in [2.24, 2.45) is 0 Å². The molecule has 0 unspecified atom stereocenters. The van der Waals surface area contributed by atoms with E-state index in [0.717, 1.165) is 22.2 Å². The number of nitrogens with zero attached hydrogens (tertiary/aromatic N) is 1. The summed E-state index contributed by atoms with van der Waals surface area (Å²) in [4.78, 5) is 26.9. The van der Waals surface area contributed by atoms with Gasteiger partial charge in [0.2, 0.25) is 0 Å². The Morgan fingerprint density at radius 2 is 1.63 bits per heavy atom. The van der Waals surface area contributed by atoms with Gasteiger partial charge in [0.25, 0.3) is 11.1 Å². The summed E-state index contributed by atoms with van der Waals surface area (Å²) < 4.78 is 11.3. The summed E-state index contributed by atoms with van der Waals surface area (Å²) in [6.07, 6.45) is 1.59. The van der Waals surface area contributed by atoms with Crippen LogP contribution < -0.4 is 9.47 Å². The fourth-order valence-corrected chi connectivity index (χ4v) is 5.01. The van der Waals surface area contributed by atoms with Crippen LogP contribution in [0.25, 0.3) is 6.08 Å². The van der Waals surface area contributed by atoms with Crippen molar-refractivity contribution in [1.82, 2.24) is 4.90 Å². The Balaban J connectivity index is 1.53. The van der Waals surface area contributed by atoms with Crippen LogP contribution in [-0.2, 0) is 17.9 Å². The monoisotopic (exact) mass is 567 g/mol. The zero-order chi connectivity index (χ0) is 25.1. The molecule has 0 atom stereocenters. The van der Waals surface area contributed by atoms with Crippen LogP contribution >= 0.6 is 58.2 Å². The molecule has 1 heterocycles. The molecule has 4 rings (SSSR count). The van der Waals surface area contributed by atoms with Gasteiger partial charge in [-0.05, 0) is 70.9 Å². The second kappa shape index (κ2) is 11.1. The van der Waals surface area contributed by atoms with Crippen molar-refractivity contribution in [3.8, 4) is 11.5 Å². The zero-order valence-corrected chi connectivity index (χ0v) is 22.0. The van der Waals surface area contributed by atoms with Crippen LogP contribution in [0.2, 0.25) is 20.1 Å². The quantitative estimate of drug-likeness (QED) is 0.269. The van der Waals surface area contributed by atoms with Crippen LogP contribution in [0.5, 0.6) is 11.5 Å². The average molecular weight is 569 g/mol. The Morgan fingerprint density at radius 1 is 0.914 bits per heavy atom. The molecule has 10 heteroatoms. The largest absolute Gasteiger partial charge is 0.493 e. The summed E-state index contributed by atoms with van der Waals surface area (Å²) in [5.74, 6) is 0.334. The number of halogens is 4. The number of rotatable bonds is 7. The third kappa shape index (κ3) is 6.08. The van der Waals surface area contributed by atoms with E-state index in [1.54, 1.807) is 48.5 Å². The molecule has 0 bridgehead atoms. The van der Waals surface area contributed by atoms with Crippen molar-refractivity contribution in [1.29, 1.82) is 0 Å². The second-order valence-corrected chi connectivity index (χ2v) is 10.1. The molecular formula is C25H17Cl4NO4S. The number of hydrogen-bond acceptors (Lipinski definition) is 5. The first-order chi connectivity index (χ1) is 16.7. The highest BCUT2D eigenvalue weighted by Crippen LogP contribution is 2.40. The van der Waals surface area contributed by atoms with Crippen LogP contribution in [0.3, 0.4) is 0 Å². The van der Waals surface area contributed by atoms with Crippen molar-refractivity contribution in [2.45, 2.75) is 13.2 Å². The van der Waals surface area contributed by atoms with Gasteiger partial charge in [0.1, 0.15) is 6.61 Å². The molecular weight excluding hydrogens is 552 g/mol. The SMILES string of the molecule is COc1cc(/C=C2\SC(=O)N(Cc3ccc(Cl)cc3Cl)C2=O)cc(Cl)c1OCc1ccc(Cl)cc1. The summed E-state index contributed by atoms with van der Waals surface area (Å²) in [5, 5.41) is 1.39. The van der Waals surface area contributed by atoms with Gasteiger partial charge in [0.05, 0.1) is 23.6 Å². The molecule has 1 aliphatic heterocycles. The molecule has 1 saturated heterocycles. The average Bonchev–Trinajstić information content (AvgIpc) is 3.08. The van der Waals surface area contributed by atoms with Crippen LogP contribution in [0.4, 0.5) is 4.79 Å². The van der Waals surface area contributed by atoms with E-state index in [4.69, 9.17) is 55.9 Å². The maximum Gasteiger partial charge on any atom is 0.293 e. The third-order valence-corrected chi connectivity index (χ3v) is 7.09. The molecule has 0 spiro atoms. The first-order valence-electron chi connectivity index (χ1n) is 10.2. The topological polar surface area (TPSA) is 55.8 Å². The first kappa shape index (κ1) is 25.7. The number of carbonyl (C=O) groups is 2. The Labute approximate surface area is 226 Å². The van der Waals surface area contributed by atoms with E-state index < -0.39 is 11.1 Å². The second-order valence-electron chi connectivity index (χ2n) is 7.45. The van der Waals surface area contributed by atoms with Crippen molar-refractivity contribution >= 4 is 75.4 Å². The molecule has 0 radical (unpaired) electrons. The Bertz CT molecular complexity index is 1330. The normalized spacial score (nSPS) is 14.7. The fourth-order valence-electron chi connectivity index (χ4n) is 3.31. The molecule has 0 saturated carbocycles. The summed E-state index contributed by atoms with van der Waals surface area (Å²) in [5.41, 5.74) is 2.11. The summed E-state index contributed by atoms with van der Waals surface area (Å²) in [7, 11) is 1.49. The molecule has 0 N–H and O–H groups in total. The molecule has 5 nitrogen and oxygen atoms in total. The Morgan fingerprint density at radius 3 is 2.31 bits per heavy atom. The summed E-state index contributed by atoms with van der Waals surface area (Å²) in [6.45, 7) is 0.304. The highest BCUT2D eigenvalue weighted by atomic mass is 35.5. The standard InChI is InChI=1S/C25H17Cl4NO4S/c1-33-21-9-15(8-20(29)23(21)34-13-14-2-5-17(26)6-3-14)10-22-24(31)30(25(32)35-22)12-16-4-7-18(27)11-19(16)28/h2-11H,12-13H2,1H3/b22-10-. The van der Waals surface area contributed by atoms with Gasteiger partial charge >= 0.3 is 0 Å². The van der Waals surface area contributed by atoms with E-state index in [1.807, 2.05) is 12.1 Å². The molecule has 35 heavy (non-hydrogen) atoms. The van der Waals surface area contributed by atoms with Gasteiger partial charge in [0.15, 0.2) is 11.5 Å². The highest BCUT2D eigenvalue weighted by Gasteiger charge is 2.35. The van der Waals surface area contributed by atoms with Gasteiger partial charge in [-0.2, -0.15) is 0 Å². The van der Waals surface area contributed by atoms with Gasteiger partial charge in [-0.25, -0.2) is 0 Å². The van der Waals surface area contributed by atoms with E-state index in [9.17, 15) is 9.59 Å². The van der Waals surface area contributed by atoms with Gasteiger partial charge in [-0.3, -0.25) is 14.5 Å². The van der Waals surface area contributed by atoms with Gasteiger partial charge in [-0.15, -0.1) is 0 Å². The minimum absolute atomic E-state index is 0.0412. The van der Waals surface area contributed by atoms with Crippen LogP contribution in [-0.4, -0.2) is 23.2 Å². The molecule has 3 aromatic carbocycles. The van der Waals surface area contributed by atoms with E-state index in [1.165, 1.54) is 7.11 Å². The maximum absolute atomic E-state index is 12.9. The molecule has 180 valence electrons. The predicted octanol–water partition coefficient (Wildman–Crippen LogP) is 8.12.